The van der Waals surface area contributed by atoms with Crippen LogP contribution in [0.4, 0.5) is 5.69 Å². The molecule has 1 aliphatic carbocycles. The minimum atomic E-state index is 0.364. The smallest absolute Gasteiger partial charge is 0.120 e. The fourth-order valence-electron chi connectivity index (χ4n) is 6.21. The number of benzene rings is 3. The highest BCUT2D eigenvalue weighted by Crippen LogP contribution is 2.40. The van der Waals surface area contributed by atoms with Gasteiger partial charge in [-0.3, -0.25) is 4.90 Å². The van der Waals surface area contributed by atoms with Gasteiger partial charge in [0.2, 0.25) is 0 Å². The quantitative estimate of drug-likeness (QED) is 0.308. The van der Waals surface area contributed by atoms with Gasteiger partial charge in [0.1, 0.15) is 23.9 Å². The first kappa shape index (κ1) is 27.4. The minimum absolute atomic E-state index is 0.364. The van der Waals surface area contributed by atoms with Crippen LogP contribution < -0.4 is 14.4 Å². The summed E-state index contributed by atoms with van der Waals surface area (Å²) in [5.74, 6) is 2.65. The van der Waals surface area contributed by atoms with Crippen LogP contribution in [0.15, 0.2) is 60.7 Å². The van der Waals surface area contributed by atoms with E-state index < -0.39 is 0 Å². The lowest BCUT2D eigenvalue weighted by Gasteiger charge is -2.32. The van der Waals surface area contributed by atoms with Crippen LogP contribution in [0.3, 0.4) is 0 Å². The third-order valence-corrected chi connectivity index (χ3v) is 8.49. The highest BCUT2D eigenvalue weighted by Gasteiger charge is 2.24. The zero-order chi connectivity index (χ0) is 27.0. The summed E-state index contributed by atoms with van der Waals surface area (Å²) < 4.78 is 11.7. The fraction of sp³-hybridized carbons (Fsp3) is 0.471. The van der Waals surface area contributed by atoms with E-state index in [0.29, 0.717) is 11.7 Å². The Morgan fingerprint density at radius 1 is 0.897 bits per heavy atom. The zero-order valence-corrected chi connectivity index (χ0v) is 23.7. The molecule has 3 aromatic carbocycles. The van der Waals surface area contributed by atoms with Gasteiger partial charge in [0.25, 0.3) is 0 Å². The number of aryl methyl sites for hydroxylation is 1. The number of aromatic hydroxyl groups is 1. The van der Waals surface area contributed by atoms with Gasteiger partial charge < -0.3 is 19.5 Å². The van der Waals surface area contributed by atoms with E-state index in [-0.39, 0.29) is 0 Å². The molecule has 0 saturated carbocycles. The maximum atomic E-state index is 9.91. The third kappa shape index (κ3) is 7.07. The Morgan fingerprint density at radius 3 is 2.41 bits per heavy atom. The first-order valence-electron chi connectivity index (χ1n) is 14.8. The van der Waals surface area contributed by atoms with E-state index >= 15 is 0 Å². The van der Waals surface area contributed by atoms with Gasteiger partial charge in [0.05, 0.1) is 7.11 Å². The number of phenolic OH excluding ortho intramolecular Hbond substituents is 1. The first-order chi connectivity index (χ1) is 19.1. The molecule has 1 fully saturated rings. The average Bonchev–Trinajstić information content (AvgIpc) is 3.25. The van der Waals surface area contributed by atoms with Gasteiger partial charge in [-0.05, 0) is 111 Å². The Hall–Kier alpha value is -3.18. The maximum Gasteiger partial charge on any atom is 0.120 e. The molecule has 0 bridgehead atoms. The van der Waals surface area contributed by atoms with E-state index in [2.05, 4.69) is 65.3 Å². The predicted molar refractivity (Wildman–Crippen MR) is 159 cm³/mol. The normalized spacial score (nSPS) is 17.7. The molecule has 208 valence electrons. The molecule has 39 heavy (non-hydrogen) atoms. The third-order valence-electron chi connectivity index (χ3n) is 8.49. The summed E-state index contributed by atoms with van der Waals surface area (Å²) in [5.41, 5.74) is 6.53. The number of phenols is 1. The summed E-state index contributed by atoms with van der Waals surface area (Å²) in [4.78, 5) is 5.00. The van der Waals surface area contributed by atoms with E-state index in [1.165, 1.54) is 66.7 Å². The number of hydrogen-bond donors (Lipinski definition) is 1. The summed E-state index contributed by atoms with van der Waals surface area (Å²) in [7, 11) is 1.74. The monoisotopic (exact) mass is 528 g/mol. The number of hydrogen-bond acceptors (Lipinski definition) is 5. The lowest BCUT2D eigenvalue weighted by atomic mass is 9.79. The van der Waals surface area contributed by atoms with Crippen LogP contribution in [0, 0.1) is 0 Å². The van der Waals surface area contributed by atoms with Crippen LogP contribution in [0.5, 0.6) is 17.2 Å². The molecule has 2 aliphatic rings. The van der Waals surface area contributed by atoms with Crippen LogP contribution in [-0.4, -0.2) is 49.9 Å². The van der Waals surface area contributed by atoms with Crippen LogP contribution in [0.25, 0.3) is 0 Å². The van der Waals surface area contributed by atoms with Crippen LogP contribution in [-0.2, 0) is 19.4 Å². The largest absolute Gasteiger partial charge is 0.508 e. The van der Waals surface area contributed by atoms with Gasteiger partial charge in [-0.1, -0.05) is 37.1 Å². The molecular weight excluding hydrogens is 484 g/mol. The van der Waals surface area contributed by atoms with Gasteiger partial charge in [-0.2, -0.15) is 0 Å². The van der Waals surface area contributed by atoms with Crippen molar-refractivity contribution in [3.05, 3.63) is 82.9 Å². The van der Waals surface area contributed by atoms with E-state index in [9.17, 15) is 5.11 Å². The summed E-state index contributed by atoms with van der Waals surface area (Å²) in [6.07, 6.45) is 8.43. The first-order valence-corrected chi connectivity index (χ1v) is 14.8. The molecule has 1 aliphatic heterocycles. The minimum Gasteiger partial charge on any atom is -0.508 e. The van der Waals surface area contributed by atoms with Gasteiger partial charge in [-0.25, -0.2) is 0 Å². The molecule has 1 N–H and O–H groups in total. The Balaban J connectivity index is 1.26. The fourth-order valence-corrected chi connectivity index (χ4v) is 6.21. The van der Waals surface area contributed by atoms with Crippen LogP contribution >= 0.6 is 0 Å². The van der Waals surface area contributed by atoms with Gasteiger partial charge in [0.15, 0.2) is 0 Å². The second-order valence-electron chi connectivity index (χ2n) is 11.1. The summed E-state index contributed by atoms with van der Waals surface area (Å²) in [5, 5.41) is 9.91. The van der Waals surface area contributed by atoms with Crippen molar-refractivity contribution in [2.75, 3.05) is 44.8 Å². The van der Waals surface area contributed by atoms with Crippen molar-refractivity contribution in [1.29, 1.82) is 0 Å². The summed E-state index contributed by atoms with van der Waals surface area (Å²) in [6, 6.07) is 21.0. The standard InChI is InChI=1S/C34H44N2O3/c1-3-36(25-26-8-14-31(15-9-26)39-21-20-35-18-6-4-5-7-19-35)34-24-32(38-2)16-17-33(34)29-11-10-28-23-30(37)13-12-27(28)22-29/h8-9,12-17,23-24,29,37H,3-7,10-11,18-22,25H2,1-2H3. The predicted octanol–water partition coefficient (Wildman–Crippen LogP) is 6.95. The number of fused-ring (bicyclic) bond motifs is 1. The molecule has 1 atom stereocenters. The molecule has 5 rings (SSSR count). The Labute approximate surface area is 234 Å². The molecule has 5 heteroatoms. The number of nitrogens with zero attached hydrogens (tertiary/aromatic N) is 2. The van der Waals surface area contributed by atoms with Crippen molar-refractivity contribution in [3.8, 4) is 17.2 Å². The van der Waals surface area contributed by atoms with Crippen molar-refractivity contribution < 1.29 is 14.6 Å². The molecule has 0 spiro atoms. The topological polar surface area (TPSA) is 45.2 Å². The highest BCUT2D eigenvalue weighted by atomic mass is 16.5. The molecule has 1 unspecified atom stereocenters. The Morgan fingerprint density at radius 2 is 1.67 bits per heavy atom. The van der Waals surface area contributed by atoms with Gasteiger partial charge >= 0.3 is 0 Å². The second-order valence-corrected chi connectivity index (χ2v) is 11.1. The molecule has 0 radical (unpaired) electrons. The van der Waals surface area contributed by atoms with Crippen molar-refractivity contribution in [3.63, 3.8) is 0 Å². The van der Waals surface area contributed by atoms with E-state index in [4.69, 9.17) is 9.47 Å². The lowest BCUT2D eigenvalue weighted by molar-refractivity contribution is 0.214. The van der Waals surface area contributed by atoms with Crippen LogP contribution in [0.2, 0.25) is 0 Å². The molecule has 3 aromatic rings. The van der Waals surface area contributed by atoms with E-state index in [0.717, 1.165) is 57.0 Å². The SMILES string of the molecule is CCN(Cc1ccc(OCCN2CCCCCC2)cc1)c1cc(OC)ccc1C1CCc2cc(O)ccc2C1. The highest BCUT2D eigenvalue weighted by molar-refractivity contribution is 5.60. The molecule has 5 nitrogen and oxygen atoms in total. The van der Waals surface area contributed by atoms with Crippen molar-refractivity contribution in [1.82, 2.24) is 4.90 Å². The van der Waals surface area contributed by atoms with Crippen molar-refractivity contribution in [2.24, 2.45) is 0 Å². The van der Waals surface area contributed by atoms with E-state index in [1.807, 2.05) is 12.1 Å². The Kier molecular flexibility index (Phi) is 9.31. The molecule has 0 amide bonds. The van der Waals surface area contributed by atoms with Crippen molar-refractivity contribution >= 4 is 5.69 Å². The van der Waals surface area contributed by atoms with Gasteiger partial charge in [-0.15, -0.1) is 0 Å². The average molecular weight is 529 g/mol. The molecule has 1 saturated heterocycles. The number of rotatable bonds is 10. The molecule has 1 heterocycles. The molecule has 0 aromatic heterocycles. The Bertz CT molecular complexity index is 1200. The van der Waals surface area contributed by atoms with Crippen molar-refractivity contribution in [2.45, 2.75) is 64.3 Å². The summed E-state index contributed by atoms with van der Waals surface area (Å²) in [6.45, 7) is 8.14. The molecular formula is C34H44N2O3. The number of anilines is 1. The summed E-state index contributed by atoms with van der Waals surface area (Å²) >= 11 is 0. The second kappa shape index (κ2) is 13.3. The zero-order valence-electron chi connectivity index (χ0n) is 23.7. The number of methoxy groups -OCH3 is 1. The lowest BCUT2D eigenvalue weighted by Crippen LogP contribution is -2.29. The van der Waals surface area contributed by atoms with E-state index in [1.54, 1.807) is 7.11 Å². The van der Waals surface area contributed by atoms with Crippen LogP contribution in [0.1, 0.15) is 67.2 Å². The number of likely N-dealkylation sites (tertiary alicyclic amines) is 1. The number of ether oxygens (including phenoxy) is 2. The van der Waals surface area contributed by atoms with Gasteiger partial charge in [0, 0.05) is 31.4 Å². The maximum absolute atomic E-state index is 9.91.